The number of aryl methyl sites for hydroxylation is 1. The molecule has 114 valence electrons. The number of esters is 1. The summed E-state index contributed by atoms with van der Waals surface area (Å²) in [6, 6.07) is 1.62. The Balaban J connectivity index is 2.95. The van der Waals surface area contributed by atoms with E-state index in [9.17, 15) is 13.2 Å². The molecule has 1 aromatic heterocycles. The summed E-state index contributed by atoms with van der Waals surface area (Å²) in [5.74, 6) is -0.522. The summed E-state index contributed by atoms with van der Waals surface area (Å²) in [5.41, 5.74) is 0.247. The standard InChI is InChI=1S/C12H18ClNO4S2/c1-4-18-12(15)10-5-9(3)19-11(10)14-20(16,17)7-8(2)6-13/h5,8,14H,4,6-7H2,1-3H3. The second kappa shape index (κ2) is 7.28. The van der Waals surface area contributed by atoms with Gasteiger partial charge in [-0.2, -0.15) is 0 Å². The largest absolute Gasteiger partial charge is 0.462 e. The fraction of sp³-hybridized carbons (Fsp3) is 0.583. The van der Waals surface area contributed by atoms with Crippen LogP contribution in [0.2, 0.25) is 0 Å². The lowest BCUT2D eigenvalue weighted by molar-refractivity contribution is 0.0528. The van der Waals surface area contributed by atoms with Gasteiger partial charge in [-0.3, -0.25) is 4.72 Å². The zero-order chi connectivity index (χ0) is 15.3. The molecule has 0 saturated heterocycles. The van der Waals surface area contributed by atoms with E-state index in [1.807, 2.05) is 0 Å². The van der Waals surface area contributed by atoms with Gasteiger partial charge in [0, 0.05) is 10.8 Å². The van der Waals surface area contributed by atoms with Crippen molar-refractivity contribution in [2.75, 3.05) is 23.0 Å². The molecule has 0 amide bonds. The average Bonchev–Trinajstić information content (AvgIpc) is 2.68. The van der Waals surface area contributed by atoms with Gasteiger partial charge in [-0.15, -0.1) is 22.9 Å². The van der Waals surface area contributed by atoms with Gasteiger partial charge >= 0.3 is 5.97 Å². The lowest BCUT2D eigenvalue weighted by atomic mass is 10.3. The fourth-order valence-corrected chi connectivity index (χ4v) is 4.43. The molecule has 0 aliphatic rings. The van der Waals surface area contributed by atoms with Crippen molar-refractivity contribution in [3.63, 3.8) is 0 Å². The molecule has 1 rings (SSSR count). The molecule has 1 atom stereocenters. The Morgan fingerprint density at radius 1 is 1.55 bits per heavy atom. The average molecular weight is 340 g/mol. The first-order chi connectivity index (χ1) is 9.29. The fourth-order valence-electron chi connectivity index (χ4n) is 1.55. The molecule has 0 aliphatic carbocycles. The molecule has 5 nitrogen and oxygen atoms in total. The van der Waals surface area contributed by atoms with Crippen LogP contribution in [-0.4, -0.2) is 32.6 Å². The third-order valence-electron chi connectivity index (χ3n) is 2.37. The lowest BCUT2D eigenvalue weighted by Gasteiger charge is -2.11. The van der Waals surface area contributed by atoms with Gasteiger partial charge < -0.3 is 4.74 Å². The van der Waals surface area contributed by atoms with E-state index in [2.05, 4.69) is 4.72 Å². The van der Waals surface area contributed by atoms with Gasteiger partial charge in [0.05, 0.1) is 17.9 Å². The predicted octanol–water partition coefficient (Wildman–Crippen LogP) is 2.85. The van der Waals surface area contributed by atoms with Crippen molar-refractivity contribution in [1.82, 2.24) is 0 Å². The van der Waals surface area contributed by atoms with E-state index < -0.39 is 16.0 Å². The highest BCUT2D eigenvalue weighted by Gasteiger charge is 2.22. The summed E-state index contributed by atoms with van der Waals surface area (Å²) in [6.07, 6.45) is 0. The molecule has 0 saturated carbocycles. The highest BCUT2D eigenvalue weighted by Crippen LogP contribution is 2.29. The second-order valence-electron chi connectivity index (χ2n) is 4.46. The molecule has 1 aromatic rings. The molecule has 0 aliphatic heterocycles. The summed E-state index contributed by atoms with van der Waals surface area (Å²) in [7, 11) is -3.54. The van der Waals surface area contributed by atoms with E-state index >= 15 is 0 Å². The molecule has 0 spiro atoms. The van der Waals surface area contributed by atoms with E-state index in [1.54, 1.807) is 26.8 Å². The van der Waals surface area contributed by atoms with Crippen LogP contribution in [0.25, 0.3) is 0 Å². The number of anilines is 1. The van der Waals surface area contributed by atoms with Gasteiger partial charge in [0.2, 0.25) is 10.0 Å². The first-order valence-electron chi connectivity index (χ1n) is 6.13. The Hall–Kier alpha value is -0.790. The Morgan fingerprint density at radius 3 is 2.75 bits per heavy atom. The summed E-state index contributed by atoms with van der Waals surface area (Å²) in [5, 5.41) is 0.294. The van der Waals surface area contributed by atoms with Crippen molar-refractivity contribution in [3.8, 4) is 0 Å². The Bertz CT molecular complexity index is 568. The van der Waals surface area contributed by atoms with Gasteiger partial charge in [0.15, 0.2) is 0 Å². The number of thiophene rings is 1. The minimum atomic E-state index is -3.54. The molecule has 0 aromatic carbocycles. The van der Waals surface area contributed by atoms with E-state index in [4.69, 9.17) is 16.3 Å². The Morgan fingerprint density at radius 2 is 2.20 bits per heavy atom. The van der Waals surface area contributed by atoms with Gasteiger partial charge in [0.1, 0.15) is 5.00 Å². The number of hydrogen-bond acceptors (Lipinski definition) is 5. The number of rotatable bonds is 7. The van der Waals surface area contributed by atoms with Crippen LogP contribution < -0.4 is 4.72 Å². The number of sulfonamides is 1. The van der Waals surface area contributed by atoms with E-state index in [-0.39, 0.29) is 29.7 Å². The van der Waals surface area contributed by atoms with Crippen molar-refractivity contribution >= 4 is 43.9 Å². The quantitative estimate of drug-likeness (QED) is 0.612. The minimum Gasteiger partial charge on any atom is -0.462 e. The summed E-state index contributed by atoms with van der Waals surface area (Å²) in [6.45, 7) is 5.48. The van der Waals surface area contributed by atoms with Crippen molar-refractivity contribution in [2.45, 2.75) is 20.8 Å². The maximum absolute atomic E-state index is 12.0. The van der Waals surface area contributed by atoms with Crippen LogP contribution in [0.5, 0.6) is 0 Å². The highest BCUT2D eigenvalue weighted by molar-refractivity contribution is 7.92. The number of ether oxygens (including phenoxy) is 1. The van der Waals surface area contributed by atoms with E-state index in [0.29, 0.717) is 5.00 Å². The lowest BCUT2D eigenvalue weighted by Crippen LogP contribution is -2.22. The molecule has 0 bridgehead atoms. The smallest absolute Gasteiger partial charge is 0.341 e. The zero-order valence-corrected chi connectivity index (χ0v) is 14.0. The van der Waals surface area contributed by atoms with Crippen LogP contribution >= 0.6 is 22.9 Å². The molecule has 0 radical (unpaired) electrons. The molecular weight excluding hydrogens is 322 g/mol. The molecule has 1 heterocycles. The summed E-state index contributed by atoms with van der Waals surface area (Å²) in [4.78, 5) is 12.6. The molecular formula is C12H18ClNO4S2. The number of alkyl halides is 1. The van der Waals surface area contributed by atoms with Gasteiger partial charge in [0.25, 0.3) is 0 Å². The van der Waals surface area contributed by atoms with Gasteiger partial charge in [-0.1, -0.05) is 6.92 Å². The number of carbonyl (C=O) groups excluding carboxylic acids is 1. The summed E-state index contributed by atoms with van der Waals surface area (Å²) < 4.78 is 31.3. The van der Waals surface area contributed by atoms with Crippen molar-refractivity contribution in [2.24, 2.45) is 5.92 Å². The minimum absolute atomic E-state index is 0.0876. The third kappa shape index (κ3) is 4.96. The maximum Gasteiger partial charge on any atom is 0.341 e. The number of nitrogens with one attached hydrogen (secondary N) is 1. The topological polar surface area (TPSA) is 72.5 Å². The molecule has 1 unspecified atom stereocenters. The van der Waals surface area contributed by atoms with Crippen molar-refractivity contribution in [1.29, 1.82) is 0 Å². The van der Waals surface area contributed by atoms with Crippen molar-refractivity contribution < 1.29 is 17.9 Å². The third-order valence-corrected chi connectivity index (χ3v) is 5.51. The van der Waals surface area contributed by atoms with Crippen LogP contribution in [0.1, 0.15) is 29.1 Å². The van der Waals surface area contributed by atoms with Crippen LogP contribution in [0, 0.1) is 12.8 Å². The van der Waals surface area contributed by atoms with Crippen LogP contribution in [0.3, 0.4) is 0 Å². The van der Waals surface area contributed by atoms with Crippen LogP contribution in [0.15, 0.2) is 6.07 Å². The molecule has 0 fully saturated rings. The van der Waals surface area contributed by atoms with Gasteiger partial charge in [-0.05, 0) is 25.8 Å². The normalized spacial score (nSPS) is 13.0. The predicted molar refractivity (Wildman–Crippen MR) is 82.3 cm³/mol. The highest BCUT2D eigenvalue weighted by atomic mass is 35.5. The second-order valence-corrected chi connectivity index (χ2v) is 7.80. The van der Waals surface area contributed by atoms with E-state index in [0.717, 1.165) is 4.88 Å². The van der Waals surface area contributed by atoms with E-state index in [1.165, 1.54) is 11.3 Å². The Labute approximate surface area is 128 Å². The first kappa shape index (κ1) is 17.3. The Kier molecular flexibility index (Phi) is 6.29. The summed E-state index contributed by atoms with van der Waals surface area (Å²) >= 11 is 6.83. The van der Waals surface area contributed by atoms with Crippen molar-refractivity contribution in [3.05, 3.63) is 16.5 Å². The zero-order valence-electron chi connectivity index (χ0n) is 11.6. The molecule has 1 N–H and O–H groups in total. The first-order valence-corrected chi connectivity index (χ1v) is 9.13. The number of halogens is 1. The number of hydrogen-bond donors (Lipinski definition) is 1. The van der Waals surface area contributed by atoms with Crippen LogP contribution in [0.4, 0.5) is 5.00 Å². The van der Waals surface area contributed by atoms with Gasteiger partial charge in [-0.25, -0.2) is 13.2 Å². The molecule has 20 heavy (non-hydrogen) atoms. The van der Waals surface area contributed by atoms with Crippen LogP contribution in [-0.2, 0) is 14.8 Å². The number of carbonyl (C=O) groups is 1. The maximum atomic E-state index is 12.0. The monoisotopic (exact) mass is 339 g/mol. The molecule has 8 heteroatoms. The SMILES string of the molecule is CCOC(=O)c1cc(C)sc1NS(=O)(=O)CC(C)CCl.